The first-order valence-corrected chi connectivity index (χ1v) is 10.5. The molecule has 1 aromatic carbocycles. The number of aromatic nitrogens is 2. The van der Waals surface area contributed by atoms with E-state index >= 15 is 0 Å². The van der Waals surface area contributed by atoms with E-state index in [0.717, 1.165) is 47.2 Å². The second-order valence-electron chi connectivity index (χ2n) is 8.36. The summed E-state index contributed by atoms with van der Waals surface area (Å²) < 4.78 is 2.73. The molecule has 1 heterocycles. The number of nitrogens with zero attached hydrogens (tertiary/aromatic N) is 2. The largest absolute Gasteiger partial charge is 0.353 e. The van der Waals surface area contributed by atoms with E-state index in [1.165, 1.54) is 19.3 Å². The summed E-state index contributed by atoms with van der Waals surface area (Å²) in [5.74, 6) is 2.28. The molecule has 4 fully saturated rings. The molecule has 136 valence electrons. The molecule has 6 heteroatoms. The van der Waals surface area contributed by atoms with Gasteiger partial charge in [-0.1, -0.05) is 27.5 Å². The van der Waals surface area contributed by atoms with Crippen LogP contribution in [0.2, 0.25) is 5.02 Å². The molecule has 0 amide bonds. The van der Waals surface area contributed by atoms with E-state index in [-0.39, 0.29) is 16.1 Å². The quantitative estimate of drug-likeness (QED) is 0.710. The SMILES string of the molecule is O=c1c(Cl)c(Nc2ccc(Br)cc2)cnn1C12CC3CC(CC(C3)C1)C2. The summed E-state index contributed by atoms with van der Waals surface area (Å²) in [5, 5.41) is 8.04. The molecule has 4 saturated carbocycles. The normalized spacial score (nSPS) is 32.0. The van der Waals surface area contributed by atoms with Crippen LogP contribution in [0.15, 0.2) is 39.7 Å². The lowest BCUT2D eigenvalue weighted by Crippen LogP contribution is -2.55. The predicted octanol–water partition coefficient (Wildman–Crippen LogP) is 5.33. The molecule has 4 aliphatic rings. The highest BCUT2D eigenvalue weighted by molar-refractivity contribution is 9.10. The van der Waals surface area contributed by atoms with Crippen molar-refractivity contribution in [2.24, 2.45) is 17.8 Å². The molecule has 0 radical (unpaired) electrons. The van der Waals surface area contributed by atoms with E-state index in [4.69, 9.17) is 11.6 Å². The Hall–Kier alpha value is -1.33. The standard InChI is InChI=1S/C20H21BrClN3O/c21-15-1-3-16(4-2-15)24-17-11-23-25(19(26)18(17)22)20-8-12-5-13(9-20)7-14(6-12)10-20/h1-4,11-14,24H,5-10H2. The van der Waals surface area contributed by atoms with Gasteiger partial charge in [-0.05, 0) is 80.5 Å². The summed E-state index contributed by atoms with van der Waals surface area (Å²) >= 11 is 9.90. The molecular formula is C20H21BrClN3O. The molecule has 0 aliphatic heterocycles. The molecule has 0 atom stereocenters. The highest BCUT2D eigenvalue weighted by Gasteiger charge is 2.53. The Labute approximate surface area is 166 Å². The summed E-state index contributed by atoms with van der Waals surface area (Å²) in [6, 6.07) is 7.76. The Bertz CT molecular complexity index is 873. The van der Waals surface area contributed by atoms with E-state index in [9.17, 15) is 4.79 Å². The Morgan fingerprint density at radius 2 is 1.65 bits per heavy atom. The van der Waals surface area contributed by atoms with E-state index in [1.54, 1.807) is 10.9 Å². The van der Waals surface area contributed by atoms with Crippen LogP contribution in [0.5, 0.6) is 0 Å². The van der Waals surface area contributed by atoms with Gasteiger partial charge in [0.2, 0.25) is 0 Å². The number of benzene rings is 1. The lowest BCUT2D eigenvalue weighted by molar-refractivity contribution is -0.0518. The van der Waals surface area contributed by atoms with Crippen LogP contribution < -0.4 is 10.9 Å². The van der Waals surface area contributed by atoms with Gasteiger partial charge in [-0.25, -0.2) is 4.68 Å². The molecule has 0 unspecified atom stereocenters. The number of anilines is 2. The van der Waals surface area contributed by atoms with Gasteiger partial charge in [0.15, 0.2) is 0 Å². The Morgan fingerprint density at radius 3 is 2.23 bits per heavy atom. The number of rotatable bonds is 3. The van der Waals surface area contributed by atoms with Crippen molar-refractivity contribution >= 4 is 38.9 Å². The van der Waals surface area contributed by atoms with Gasteiger partial charge in [0, 0.05) is 10.2 Å². The first-order valence-electron chi connectivity index (χ1n) is 9.33. The molecule has 4 aliphatic carbocycles. The van der Waals surface area contributed by atoms with Crippen molar-refractivity contribution in [2.45, 2.75) is 44.1 Å². The van der Waals surface area contributed by atoms with Gasteiger partial charge in [-0.2, -0.15) is 5.10 Å². The van der Waals surface area contributed by atoms with Gasteiger partial charge in [0.1, 0.15) is 5.02 Å². The van der Waals surface area contributed by atoms with Crippen LogP contribution >= 0.6 is 27.5 Å². The van der Waals surface area contributed by atoms with Gasteiger partial charge in [-0.15, -0.1) is 0 Å². The number of halogens is 2. The minimum atomic E-state index is -0.157. The first-order chi connectivity index (χ1) is 12.5. The predicted molar refractivity (Wildman–Crippen MR) is 107 cm³/mol. The van der Waals surface area contributed by atoms with Crippen molar-refractivity contribution in [3.8, 4) is 0 Å². The molecular weight excluding hydrogens is 414 g/mol. The van der Waals surface area contributed by atoms with Crippen molar-refractivity contribution in [3.63, 3.8) is 0 Å². The zero-order valence-electron chi connectivity index (χ0n) is 14.4. The molecule has 2 aromatic rings. The van der Waals surface area contributed by atoms with Crippen molar-refractivity contribution in [1.29, 1.82) is 0 Å². The third-order valence-corrected chi connectivity index (χ3v) is 7.39. The minimum Gasteiger partial charge on any atom is -0.353 e. The summed E-state index contributed by atoms with van der Waals surface area (Å²) in [6.45, 7) is 0. The van der Waals surface area contributed by atoms with Crippen LogP contribution in [0.3, 0.4) is 0 Å². The zero-order valence-corrected chi connectivity index (χ0v) is 16.8. The van der Waals surface area contributed by atoms with Gasteiger partial charge >= 0.3 is 0 Å². The molecule has 0 saturated heterocycles. The fraction of sp³-hybridized carbons (Fsp3) is 0.500. The molecule has 1 N–H and O–H groups in total. The molecule has 1 aromatic heterocycles. The average Bonchev–Trinajstić information content (AvgIpc) is 2.59. The van der Waals surface area contributed by atoms with E-state index in [2.05, 4.69) is 26.3 Å². The summed E-state index contributed by atoms with van der Waals surface area (Å²) in [5.41, 5.74) is 1.19. The van der Waals surface area contributed by atoms with E-state index in [0.29, 0.717) is 5.69 Å². The Morgan fingerprint density at radius 1 is 1.08 bits per heavy atom. The number of hydrogen-bond donors (Lipinski definition) is 1. The van der Waals surface area contributed by atoms with Crippen LogP contribution in [-0.2, 0) is 5.54 Å². The fourth-order valence-corrected chi connectivity index (χ4v) is 6.31. The van der Waals surface area contributed by atoms with Crippen LogP contribution in [0, 0.1) is 17.8 Å². The fourth-order valence-electron chi connectivity index (χ4n) is 5.87. The lowest BCUT2D eigenvalue weighted by Gasteiger charge is -2.56. The number of nitrogens with one attached hydrogen (secondary N) is 1. The van der Waals surface area contributed by atoms with Crippen LogP contribution in [0.4, 0.5) is 11.4 Å². The van der Waals surface area contributed by atoms with Crippen molar-refractivity contribution in [2.75, 3.05) is 5.32 Å². The molecule has 4 nitrogen and oxygen atoms in total. The average molecular weight is 435 g/mol. The minimum absolute atomic E-state index is 0.106. The van der Waals surface area contributed by atoms with Gasteiger partial charge < -0.3 is 5.32 Å². The Kier molecular flexibility index (Phi) is 3.94. The second kappa shape index (κ2) is 6.10. The second-order valence-corrected chi connectivity index (χ2v) is 9.66. The van der Waals surface area contributed by atoms with Crippen molar-refractivity contribution in [1.82, 2.24) is 9.78 Å². The van der Waals surface area contributed by atoms with Gasteiger partial charge in [-0.3, -0.25) is 4.79 Å². The van der Waals surface area contributed by atoms with Crippen molar-refractivity contribution < 1.29 is 0 Å². The monoisotopic (exact) mass is 433 g/mol. The van der Waals surface area contributed by atoms with E-state index in [1.807, 2.05) is 24.3 Å². The third kappa shape index (κ3) is 2.71. The smallest absolute Gasteiger partial charge is 0.288 e. The maximum atomic E-state index is 13.1. The summed E-state index contributed by atoms with van der Waals surface area (Å²) in [7, 11) is 0. The Balaban J connectivity index is 1.49. The highest BCUT2D eigenvalue weighted by atomic mass is 79.9. The van der Waals surface area contributed by atoms with Crippen LogP contribution in [-0.4, -0.2) is 9.78 Å². The molecule has 26 heavy (non-hydrogen) atoms. The maximum Gasteiger partial charge on any atom is 0.288 e. The van der Waals surface area contributed by atoms with Crippen molar-refractivity contribution in [3.05, 3.63) is 50.3 Å². The topological polar surface area (TPSA) is 46.9 Å². The maximum absolute atomic E-state index is 13.1. The molecule has 0 spiro atoms. The number of hydrogen-bond acceptors (Lipinski definition) is 3. The van der Waals surface area contributed by atoms with Crippen LogP contribution in [0.1, 0.15) is 38.5 Å². The summed E-state index contributed by atoms with van der Waals surface area (Å²) in [4.78, 5) is 13.1. The molecule has 6 rings (SSSR count). The van der Waals surface area contributed by atoms with Gasteiger partial charge in [0.25, 0.3) is 5.56 Å². The van der Waals surface area contributed by atoms with Crippen LogP contribution in [0.25, 0.3) is 0 Å². The van der Waals surface area contributed by atoms with Gasteiger partial charge in [0.05, 0.1) is 17.4 Å². The zero-order chi connectivity index (χ0) is 17.9. The highest BCUT2D eigenvalue weighted by Crippen LogP contribution is 2.58. The third-order valence-electron chi connectivity index (χ3n) is 6.50. The summed E-state index contributed by atoms with van der Waals surface area (Å²) in [6.07, 6.45) is 8.98. The van der Waals surface area contributed by atoms with E-state index < -0.39 is 0 Å². The lowest BCUT2D eigenvalue weighted by atomic mass is 9.53. The molecule has 4 bridgehead atoms. The first kappa shape index (κ1) is 16.8.